The Morgan fingerprint density at radius 2 is 1.67 bits per heavy atom. The Hall–Kier alpha value is -2.11. The van der Waals surface area contributed by atoms with Crippen LogP contribution in [0.15, 0.2) is 36.5 Å². The summed E-state index contributed by atoms with van der Waals surface area (Å²) in [4.78, 5) is 3.70. The largest absolute Gasteiger partial charge is 0.416 e. The number of benzene rings is 1. The molecule has 1 aromatic heterocycles. The maximum Gasteiger partial charge on any atom is 0.416 e. The summed E-state index contributed by atoms with van der Waals surface area (Å²) in [5.74, 6) is -0.606. The van der Waals surface area contributed by atoms with Gasteiger partial charge in [-0.2, -0.15) is 13.2 Å². The lowest BCUT2D eigenvalue weighted by atomic mass is 10.0. The number of alkyl halides is 3. The first-order valence-electron chi connectivity index (χ1n) is 4.96. The molecule has 6 heteroatoms. The van der Waals surface area contributed by atoms with Gasteiger partial charge in [-0.05, 0) is 17.7 Å². The van der Waals surface area contributed by atoms with E-state index in [1.807, 2.05) is 0 Å². The van der Waals surface area contributed by atoms with E-state index in [4.69, 9.17) is 5.73 Å². The van der Waals surface area contributed by atoms with Gasteiger partial charge in [0.1, 0.15) is 11.6 Å². The van der Waals surface area contributed by atoms with Crippen LogP contribution in [0.3, 0.4) is 0 Å². The number of halogens is 4. The second kappa shape index (κ2) is 4.29. The van der Waals surface area contributed by atoms with E-state index in [9.17, 15) is 17.6 Å². The fraction of sp³-hybridized carbons (Fsp3) is 0.0833. The molecule has 1 heterocycles. The topological polar surface area (TPSA) is 38.9 Å². The fourth-order valence-electron chi connectivity index (χ4n) is 1.50. The van der Waals surface area contributed by atoms with Crippen LogP contribution in [-0.2, 0) is 6.18 Å². The van der Waals surface area contributed by atoms with Gasteiger partial charge in [-0.3, -0.25) is 0 Å². The van der Waals surface area contributed by atoms with E-state index >= 15 is 0 Å². The molecule has 0 amide bonds. The van der Waals surface area contributed by atoms with Crippen molar-refractivity contribution in [3.05, 3.63) is 47.9 Å². The third-order valence-electron chi connectivity index (χ3n) is 2.40. The van der Waals surface area contributed by atoms with Crippen molar-refractivity contribution in [2.75, 3.05) is 5.73 Å². The van der Waals surface area contributed by atoms with Crippen molar-refractivity contribution in [2.24, 2.45) is 0 Å². The number of hydrogen-bond acceptors (Lipinski definition) is 2. The molecule has 0 atom stereocenters. The minimum Gasteiger partial charge on any atom is -0.384 e. The van der Waals surface area contributed by atoms with Gasteiger partial charge in [0.2, 0.25) is 0 Å². The van der Waals surface area contributed by atoms with Crippen LogP contribution < -0.4 is 5.73 Å². The molecule has 0 saturated heterocycles. The molecule has 0 aliphatic heterocycles. The molecule has 1 aromatic carbocycles. The highest BCUT2D eigenvalue weighted by atomic mass is 19.4. The zero-order chi connectivity index (χ0) is 13.3. The first kappa shape index (κ1) is 12.3. The number of rotatable bonds is 1. The summed E-state index contributed by atoms with van der Waals surface area (Å²) in [6, 6.07) is 5.20. The smallest absolute Gasteiger partial charge is 0.384 e. The first-order chi connectivity index (χ1) is 8.38. The number of aromatic nitrogens is 1. The summed E-state index contributed by atoms with van der Waals surface area (Å²) in [6.07, 6.45) is -3.22. The molecule has 0 fully saturated rings. The molecule has 0 unspecified atom stereocenters. The van der Waals surface area contributed by atoms with Gasteiger partial charge in [-0.15, -0.1) is 0 Å². The van der Waals surface area contributed by atoms with E-state index in [1.165, 1.54) is 18.3 Å². The highest BCUT2D eigenvalue weighted by Crippen LogP contribution is 2.31. The summed E-state index contributed by atoms with van der Waals surface area (Å²) in [5.41, 5.74) is 4.93. The van der Waals surface area contributed by atoms with Crippen molar-refractivity contribution in [1.82, 2.24) is 4.98 Å². The molecule has 0 saturated carbocycles. The van der Waals surface area contributed by atoms with Crippen LogP contribution in [0, 0.1) is 5.82 Å². The Morgan fingerprint density at radius 3 is 2.17 bits per heavy atom. The van der Waals surface area contributed by atoms with Crippen molar-refractivity contribution in [3.63, 3.8) is 0 Å². The monoisotopic (exact) mass is 256 g/mol. The molecule has 0 aliphatic rings. The fourth-order valence-corrected chi connectivity index (χ4v) is 1.50. The molecule has 94 valence electrons. The summed E-state index contributed by atoms with van der Waals surface area (Å²) in [6.45, 7) is 0. The summed E-state index contributed by atoms with van der Waals surface area (Å²) in [7, 11) is 0. The number of nitrogens with two attached hydrogens (primary N) is 1. The number of nitrogen functional groups attached to an aromatic ring is 1. The van der Waals surface area contributed by atoms with Gasteiger partial charge >= 0.3 is 6.18 Å². The average molecular weight is 256 g/mol. The van der Waals surface area contributed by atoms with Crippen LogP contribution in [0.2, 0.25) is 0 Å². The van der Waals surface area contributed by atoms with Crippen LogP contribution in [0.1, 0.15) is 5.56 Å². The normalized spacial score (nSPS) is 11.6. The van der Waals surface area contributed by atoms with Crippen molar-refractivity contribution in [2.45, 2.75) is 6.18 Å². The van der Waals surface area contributed by atoms with Gasteiger partial charge in [-0.25, -0.2) is 9.37 Å². The highest BCUT2D eigenvalue weighted by molar-refractivity contribution is 5.64. The van der Waals surface area contributed by atoms with E-state index in [0.29, 0.717) is 5.56 Å². The first-order valence-corrected chi connectivity index (χ1v) is 4.96. The molecule has 0 radical (unpaired) electrons. The quantitative estimate of drug-likeness (QED) is 0.793. The van der Waals surface area contributed by atoms with Gasteiger partial charge in [0.15, 0.2) is 0 Å². The van der Waals surface area contributed by atoms with Crippen LogP contribution in [0.4, 0.5) is 23.4 Å². The summed E-state index contributed by atoms with van der Waals surface area (Å²) in [5, 5.41) is 0. The van der Waals surface area contributed by atoms with Crippen molar-refractivity contribution >= 4 is 5.82 Å². The lowest BCUT2D eigenvalue weighted by molar-refractivity contribution is -0.137. The van der Waals surface area contributed by atoms with Crippen molar-refractivity contribution in [3.8, 4) is 11.1 Å². The zero-order valence-corrected chi connectivity index (χ0v) is 9.00. The van der Waals surface area contributed by atoms with Crippen LogP contribution in [-0.4, -0.2) is 4.98 Å². The van der Waals surface area contributed by atoms with E-state index in [-0.39, 0.29) is 11.4 Å². The van der Waals surface area contributed by atoms with Gasteiger partial charge in [0.05, 0.1) is 5.56 Å². The SMILES string of the molecule is Nc1cc(F)c(-c2ccc(C(F)(F)F)cc2)cn1. The van der Waals surface area contributed by atoms with Gasteiger partial charge in [0.25, 0.3) is 0 Å². The second-order valence-corrected chi connectivity index (χ2v) is 3.66. The number of nitrogens with zero attached hydrogens (tertiary/aromatic N) is 1. The standard InChI is InChI=1S/C12H8F4N2/c13-10-5-11(17)18-6-9(10)7-1-3-8(4-2-7)12(14,15)16/h1-6H,(H2,17,18). The molecule has 2 rings (SSSR count). The maximum absolute atomic E-state index is 13.5. The third-order valence-corrected chi connectivity index (χ3v) is 2.40. The molecule has 0 aliphatic carbocycles. The van der Waals surface area contributed by atoms with Crippen LogP contribution >= 0.6 is 0 Å². The van der Waals surface area contributed by atoms with Crippen molar-refractivity contribution in [1.29, 1.82) is 0 Å². The molecule has 2 N–H and O–H groups in total. The predicted octanol–water partition coefficient (Wildman–Crippen LogP) is 3.49. The molecular formula is C12H8F4N2. The molecule has 0 spiro atoms. The second-order valence-electron chi connectivity index (χ2n) is 3.66. The molecule has 0 bridgehead atoms. The van der Waals surface area contributed by atoms with E-state index < -0.39 is 17.6 Å². The zero-order valence-electron chi connectivity index (χ0n) is 9.00. The Bertz CT molecular complexity index is 561. The molecule has 2 nitrogen and oxygen atoms in total. The van der Waals surface area contributed by atoms with E-state index in [0.717, 1.165) is 18.2 Å². The summed E-state index contributed by atoms with van der Waals surface area (Å²) < 4.78 is 50.6. The predicted molar refractivity (Wildman–Crippen MR) is 59.0 cm³/mol. The van der Waals surface area contributed by atoms with E-state index in [2.05, 4.69) is 4.98 Å². The Balaban J connectivity index is 2.41. The number of pyridine rings is 1. The lowest BCUT2D eigenvalue weighted by Crippen LogP contribution is -2.04. The number of anilines is 1. The van der Waals surface area contributed by atoms with Crippen LogP contribution in [0.5, 0.6) is 0 Å². The Kier molecular flexibility index (Phi) is 2.94. The molecule has 18 heavy (non-hydrogen) atoms. The lowest BCUT2D eigenvalue weighted by Gasteiger charge is -2.08. The molecular weight excluding hydrogens is 248 g/mol. The van der Waals surface area contributed by atoms with Gasteiger partial charge < -0.3 is 5.73 Å². The van der Waals surface area contributed by atoms with Gasteiger partial charge in [0, 0.05) is 17.8 Å². The Morgan fingerprint density at radius 1 is 1.06 bits per heavy atom. The summed E-state index contributed by atoms with van der Waals surface area (Å²) >= 11 is 0. The van der Waals surface area contributed by atoms with Gasteiger partial charge in [-0.1, -0.05) is 12.1 Å². The van der Waals surface area contributed by atoms with Crippen molar-refractivity contribution < 1.29 is 17.6 Å². The minimum atomic E-state index is -4.41. The van der Waals surface area contributed by atoms with Crippen LogP contribution in [0.25, 0.3) is 11.1 Å². The highest BCUT2D eigenvalue weighted by Gasteiger charge is 2.30. The number of hydrogen-bond donors (Lipinski definition) is 1. The average Bonchev–Trinajstić information content (AvgIpc) is 2.28. The third kappa shape index (κ3) is 2.42. The maximum atomic E-state index is 13.5. The Labute approximate surface area is 100 Å². The van der Waals surface area contributed by atoms with E-state index in [1.54, 1.807) is 0 Å². The molecule has 2 aromatic rings. The minimum absolute atomic E-state index is 0.0168.